The van der Waals surface area contributed by atoms with E-state index in [0.717, 1.165) is 31.2 Å². The van der Waals surface area contributed by atoms with Crippen LogP contribution in [0.25, 0.3) is 11.7 Å². The molecule has 1 unspecified atom stereocenters. The maximum absolute atomic E-state index is 12.9. The van der Waals surface area contributed by atoms with Gasteiger partial charge in [0.25, 0.3) is 5.89 Å². The molecule has 2 aliphatic rings. The quantitative estimate of drug-likeness (QED) is 0.544. The summed E-state index contributed by atoms with van der Waals surface area (Å²) >= 11 is 0. The predicted octanol–water partition coefficient (Wildman–Crippen LogP) is 4.89. The van der Waals surface area contributed by atoms with E-state index in [0.29, 0.717) is 43.5 Å². The summed E-state index contributed by atoms with van der Waals surface area (Å²) in [5.41, 5.74) is 2.34. The number of furan rings is 1. The lowest BCUT2D eigenvalue weighted by molar-refractivity contribution is -0.120. The van der Waals surface area contributed by atoms with Gasteiger partial charge < -0.3 is 19.1 Å². The molecule has 1 aromatic carbocycles. The zero-order valence-electron chi connectivity index (χ0n) is 20.1. The summed E-state index contributed by atoms with van der Waals surface area (Å²) in [5, 5.41) is 12.6. The number of hydrogen-bond donors (Lipinski definition) is 1. The van der Waals surface area contributed by atoms with E-state index in [1.807, 2.05) is 17.0 Å². The molecule has 182 valence electrons. The monoisotopic (exact) mass is 473 g/mol. The smallest absolute Gasteiger partial charge is 0.266 e. The SMILES string of the molecule is CC1CCCN(Cc2ccc(NC(=O)C3CCN(c4oc(-c5ccco5)nc4C#N)CC3)cc2)C1. The Morgan fingerprint density at radius 1 is 1.17 bits per heavy atom. The van der Waals surface area contributed by atoms with Gasteiger partial charge in [0, 0.05) is 37.8 Å². The average Bonchev–Trinajstić information content (AvgIpc) is 3.55. The average molecular weight is 474 g/mol. The Morgan fingerprint density at radius 3 is 2.66 bits per heavy atom. The number of carbonyl (C=O) groups is 1. The second kappa shape index (κ2) is 10.4. The minimum atomic E-state index is -0.0845. The molecule has 0 aliphatic carbocycles. The zero-order chi connectivity index (χ0) is 24.2. The molecule has 2 saturated heterocycles. The van der Waals surface area contributed by atoms with Crippen molar-refractivity contribution in [1.82, 2.24) is 9.88 Å². The van der Waals surface area contributed by atoms with Crippen LogP contribution in [-0.4, -0.2) is 42.0 Å². The summed E-state index contributed by atoms with van der Waals surface area (Å²) in [6.45, 7) is 6.84. The molecule has 3 aromatic rings. The van der Waals surface area contributed by atoms with Crippen molar-refractivity contribution in [2.45, 2.75) is 39.2 Å². The normalized spacial score (nSPS) is 19.4. The highest BCUT2D eigenvalue weighted by Crippen LogP contribution is 2.31. The van der Waals surface area contributed by atoms with Crippen LogP contribution in [0, 0.1) is 23.2 Å². The molecule has 0 radical (unpaired) electrons. The number of amides is 1. The van der Waals surface area contributed by atoms with Crippen LogP contribution in [0.2, 0.25) is 0 Å². The van der Waals surface area contributed by atoms with Crippen molar-refractivity contribution in [3.63, 3.8) is 0 Å². The highest BCUT2D eigenvalue weighted by atomic mass is 16.4. The van der Waals surface area contributed by atoms with Crippen molar-refractivity contribution in [2.24, 2.45) is 11.8 Å². The number of anilines is 2. The number of nitriles is 1. The van der Waals surface area contributed by atoms with E-state index < -0.39 is 0 Å². The number of hydrogen-bond acceptors (Lipinski definition) is 7. The van der Waals surface area contributed by atoms with E-state index >= 15 is 0 Å². The third-order valence-electron chi connectivity index (χ3n) is 6.97. The third kappa shape index (κ3) is 5.41. The summed E-state index contributed by atoms with van der Waals surface area (Å²) in [5.74, 6) is 1.94. The first-order valence-corrected chi connectivity index (χ1v) is 12.4. The van der Waals surface area contributed by atoms with Crippen molar-refractivity contribution in [3.8, 4) is 17.7 Å². The Balaban J connectivity index is 1.14. The van der Waals surface area contributed by atoms with Crippen LogP contribution in [0.1, 0.15) is 43.9 Å². The van der Waals surface area contributed by atoms with Crippen molar-refractivity contribution in [3.05, 3.63) is 53.9 Å². The van der Waals surface area contributed by atoms with E-state index in [1.54, 1.807) is 12.1 Å². The molecule has 35 heavy (non-hydrogen) atoms. The second-order valence-corrected chi connectivity index (χ2v) is 9.69. The van der Waals surface area contributed by atoms with Crippen LogP contribution in [0.4, 0.5) is 11.6 Å². The Hall–Kier alpha value is -3.57. The topological polar surface area (TPSA) is 98.5 Å². The first-order chi connectivity index (χ1) is 17.1. The Labute approximate surface area is 205 Å². The van der Waals surface area contributed by atoms with Gasteiger partial charge >= 0.3 is 0 Å². The minimum Gasteiger partial charge on any atom is -0.459 e. The summed E-state index contributed by atoms with van der Waals surface area (Å²) in [7, 11) is 0. The molecule has 1 amide bonds. The molecule has 8 nitrogen and oxygen atoms in total. The number of rotatable bonds is 6. The molecule has 0 saturated carbocycles. The number of piperidine rings is 2. The molecular weight excluding hydrogens is 442 g/mol. The fraction of sp³-hybridized carbons (Fsp3) is 0.444. The van der Waals surface area contributed by atoms with Gasteiger partial charge in [-0.2, -0.15) is 10.2 Å². The minimum absolute atomic E-state index is 0.0385. The standard InChI is InChI=1S/C27H31N5O3/c1-19-4-2-12-31(17-19)18-20-6-8-22(9-7-20)29-25(33)21-10-13-32(14-11-21)27-23(16-28)30-26(35-27)24-5-3-15-34-24/h3,5-9,15,19,21H,2,4,10-14,17-18H2,1H3,(H,29,33). The fourth-order valence-electron chi connectivity index (χ4n) is 5.08. The van der Waals surface area contributed by atoms with E-state index in [4.69, 9.17) is 8.83 Å². The van der Waals surface area contributed by atoms with Crippen molar-refractivity contribution in [1.29, 1.82) is 5.26 Å². The van der Waals surface area contributed by atoms with Gasteiger partial charge in [0.1, 0.15) is 6.07 Å². The van der Waals surface area contributed by atoms with Gasteiger partial charge in [0.05, 0.1) is 6.26 Å². The molecule has 1 atom stereocenters. The van der Waals surface area contributed by atoms with Crippen LogP contribution in [-0.2, 0) is 11.3 Å². The Bertz CT molecular complexity index is 1170. The molecular formula is C27H31N5O3. The van der Waals surface area contributed by atoms with Gasteiger partial charge in [-0.3, -0.25) is 9.69 Å². The third-order valence-corrected chi connectivity index (χ3v) is 6.97. The maximum Gasteiger partial charge on any atom is 0.266 e. The summed E-state index contributed by atoms with van der Waals surface area (Å²) in [6, 6.07) is 13.8. The lowest BCUT2D eigenvalue weighted by Gasteiger charge is -2.31. The number of aromatic nitrogens is 1. The summed E-state index contributed by atoms with van der Waals surface area (Å²) in [4.78, 5) is 21.6. The first-order valence-electron chi connectivity index (χ1n) is 12.4. The maximum atomic E-state index is 12.9. The number of benzene rings is 1. The molecule has 0 bridgehead atoms. The summed E-state index contributed by atoms with van der Waals surface area (Å²) in [6.07, 6.45) is 5.49. The molecule has 2 aliphatic heterocycles. The van der Waals surface area contributed by atoms with Gasteiger partial charge in [-0.1, -0.05) is 19.1 Å². The molecule has 0 spiro atoms. The fourth-order valence-corrected chi connectivity index (χ4v) is 5.08. The van der Waals surface area contributed by atoms with Crippen molar-refractivity contribution >= 4 is 17.5 Å². The predicted molar refractivity (Wildman–Crippen MR) is 133 cm³/mol. The number of likely N-dealkylation sites (tertiary alicyclic amines) is 1. The van der Waals surface area contributed by atoms with Crippen LogP contribution < -0.4 is 10.2 Å². The number of oxazole rings is 1. The Morgan fingerprint density at radius 2 is 1.97 bits per heavy atom. The van der Waals surface area contributed by atoms with Gasteiger partial charge in [-0.05, 0) is 68.0 Å². The van der Waals surface area contributed by atoms with Gasteiger partial charge in [0.15, 0.2) is 5.76 Å². The second-order valence-electron chi connectivity index (χ2n) is 9.69. The van der Waals surface area contributed by atoms with E-state index in [-0.39, 0.29) is 17.5 Å². The van der Waals surface area contributed by atoms with Crippen molar-refractivity contribution < 1.29 is 13.6 Å². The van der Waals surface area contributed by atoms with Gasteiger partial charge in [-0.15, -0.1) is 0 Å². The highest BCUT2D eigenvalue weighted by Gasteiger charge is 2.29. The zero-order valence-corrected chi connectivity index (χ0v) is 20.1. The van der Waals surface area contributed by atoms with Crippen LogP contribution in [0.3, 0.4) is 0 Å². The van der Waals surface area contributed by atoms with Gasteiger partial charge in [-0.25, -0.2) is 0 Å². The largest absolute Gasteiger partial charge is 0.459 e. The van der Waals surface area contributed by atoms with E-state index in [9.17, 15) is 10.1 Å². The molecule has 8 heteroatoms. The number of carbonyl (C=O) groups excluding carboxylic acids is 1. The molecule has 4 heterocycles. The molecule has 1 N–H and O–H groups in total. The molecule has 2 fully saturated rings. The number of nitrogens with one attached hydrogen (secondary N) is 1. The van der Waals surface area contributed by atoms with Crippen molar-refractivity contribution in [2.75, 3.05) is 36.4 Å². The lowest BCUT2D eigenvalue weighted by atomic mass is 9.95. The number of nitrogens with zero attached hydrogens (tertiary/aromatic N) is 4. The molecule has 5 rings (SSSR count). The molecule has 2 aromatic heterocycles. The van der Waals surface area contributed by atoms with E-state index in [1.165, 1.54) is 24.7 Å². The van der Waals surface area contributed by atoms with E-state index in [2.05, 4.69) is 40.3 Å². The lowest BCUT2D eigenvalue weighted by Crippen LogP contribution is -2.38. The van der Waals surface area contributed by atoms with Crippen LogP contribution >= 0.6 is 0 Å². The summed E-state index contributed by atoms with van der Waals surface area (Å²) < 4.78 is 11.2. The van der Waals surface area contributed by atoms with Gasteiger partial charge in [0.2, 0.25) is 17.5 Å². The highest BCUT2D eigenvalue weighted by molar-refractivity contribution is 5.92. The van der Waals surface area contributed by atoms with Crippen LogP contribution in [0.5, 0.6) is 0 Å². The Kier molecular flexibility index (Phi) is 6.87. The first kappa shape index (κ1) is 23.2. The van der Waals surface area contributed by atoms with Crippen LogP contribution in [0.15, 0.2) is 51.5 Å².